The largest absolute Gasteiger partial charge is 0.496 e. The van der Waals surface area contributed by atoms with Crippen molar-refractivity contribution in [3.05, 3.63) is 23.3 Å². The summed E-state index contributed by atoms with van der Waals surface area (Å²) in [6.07, 6.45) is -0.650. The zero-order valence-corrected chi connectivity index (χ0v) is 12.8. The first kappa shape index (κ1) is 16.1. The van der Waals surface area contributed by atoms with Gasteiger partial charge in [0.25, 0.3) is 0 Å². The molecule has 1 aromatic rings. The monoisotopic (exact) mass is 296 g/mol. The molecule has 0 bridgehead atoms. The minimum absolute atomic E-state index is 0.129. The molecule has 5 nitrogen and oxygen atoms in total. The number of benzene rings is 1. The molecule has 0 fully saturated rings. The highest BCUT2D eigenvalue weighted by Gasteiger charge is 2.42. The predicted molar refractivity (Wildman–Crippen MR) is 78.8 cm³/mol. The highest BCUT2D eigenvalue weighted by Crippen LogP contribution is 2.41. The van der Waals surface area contributed by atoms with Crippen LogP contribution in [0, 0.1) is 6.92 Å². The number of ether oxygens (including phenoxy) is 2. The van der Waals surface area contributed by atoms with Crippen LogP contribution in [0.1, 0.15) is 30.9 Å². The highest BCUT2D eigenvalue weighted by molar-refractivity contribution is 5.49. The molecule has 118 valence electrons. The Kier molecular flexibility index (Phi) is 4.76. The number of methoxy groups -OCH3 is 1. The first-order chi connectivity index (χ1) is 9.91. The summed E-state index contributed by atoms with van der Waals surface area (Å²) in [7, 11) is 1.63. The highest BCUT2D eigenvalue weighted by atomic mass is 16.5. The molecule has 2 unspecified atom stereocenters. The number of aliphatic hydroxyl groups is 3. The van der Waals surface area contributed by atoms with E-state index in [0.29, 0.717) is 18.6 Å². The van der Waals surface area contributed by atoms with Gasteiger partial charge >= 0.3 is 0 Å². The van der Waals surface area contributed by atoms with Crippen LogP contribution in [0.2, 0.25) is 0 Å². The maximum absolute atomic E-state index is 10.3. The Morgan fingerprint density at radius 3 is 2.71 bits per heavy atom. The van der Waals surface area contributed by atoms with Crippen molar-refractivity contribution < 1.29 is 24.8 Å². The van der Waals surface area contributed by atoms with Gasteiger partial charge in [0.2, 0.25) is 0 Å². The molecule has 0 spiro atoms. The fraction of sp³-hybridized carbons (Fsp3) is 0.625. The molecule has 0 aromatic heterocycles. The molecular formula is C16H24O5. The van der Waals surface area contributed by atoms with Gasteiger partial charge in [-0.15, -0.1) is 0 Å². The molecule has 0 saturated carbocycles. The second-order valence-corrected chi connectivity index (χ2v) is 5.88. The molecule has 1 aromatic carbocycles. The quantitative estimate of drug-likeness (QED) is 0.760. The average Bonchev–Trinajstić information content (AvgIpc) is 2.45. The van der Waals surface area contributed by atoms with Gasteiger partial charge in [-0.2, -0.15) is 0 Å². The Balaban J connectivity index is 2.27. The van der Waals surface area contributed by atoms with Gasteiger partial charge in [-0.25, -0.2) is 0 Å². The molecule has 1 aliphatic rings. The number of fused-ring (bicyclic) bond motifs is 1. The van der Waals surface area contributed by atoms with Crippen LogP contribution in [-0.2, 0) is 6.42 Å². The van der Waals surface area contributed by atoms with E-state index in [4.69, 9.17) is 14.6 Å². The summed E-state index contributed by atoms with van der Waals surface area (Å²) < 4.78 is 11.4. The normalized spacial score (nSPS) is 23.9. The van der Waals surface area contributed by atoms with Crippen molar-refractivity contribution in [1.82, 2.24) is 0 Å². The van der Waals surface area contributed by atoms with E-state index in [1.165, 1.54) is 0 Å². The average molecular weight is 296 g/mol. The third-order valence-electron chi connectivity index (χ3n) is 4.16. The lowest BCUT2D eigenvalue weighted by atomic mass is 9.84. The van der Waals surface area contributed by atoms with Crippen LogP contribution < -0.4 is 9.47 Å². The van der Waals surface area contributed by atoms with E-state index in [1.807, 2.05) is 19.1 Å². The van der Waals surface area contributed by atoms with Crippen molar-refractivity contribution in [3.63, 3.8) is 0 Å². The van der Waals surface area contributed by atoms with E-state index in [9.17, 15) is 10.2 Å². The Bertz CT molecular complexity index is 502. The Labute approximate surface area is 125 Å². The number of rotatable bonds is 5. The van der Waals surface area contributed by atoms with Crippen molar-refractivity contribution in [2.75, 3.05) is 13.7 Å². The van der Waals surface area contributed by atoms with Gasteiger partial charge in [-0.05, 0) is 50.8 Å². The lowest BCUT2D eigenvalue weighted by Crippen LogP contribution is -2.53. The summed E-state index contributed by atoms with van der Waals surface area (Å²) in [4.78, 5) is 0. The van der Waals surface area contributed by atoms with Crippen LogP contribution in [0.15, 0.2) is 12.1 Å². The topological polar surface area (TPSA) is 79.2 Å². The van der Waals surface area contributed by atoms with Crippen LogP contribution in [0.4, 0.5) is 0 Å². The van der Waals surface area contributed by atoms with Crippen LogP contribution in [-0.4, -0.2) is 46.8 Å². The molecule has 0 amide bonds. The molecule has 0 radical (unpaired) electrons. The summed E-state index contributed by atoms with van der Waals surface area (Å²) in [5.41, 5.74) is 1.13. The Morgan fingerprint density at radius 1 is 1.38 bits per heavy atom. The van der Waals surface area contributed by atoms with Gasteiger partial charge in [-0.1, -0.05) is 0 Å². The lowest BCUT2D eigenvalue weighted by molar-refractivity contribution is -0.114. The van der Waals surface area contributed by atoms with Crippen LogP contribution in [0.3, 0.4) is 0 Å². The zero-order valence-electron chi connectivity index (χ0n) is 12.8. The van der Waals surface area contributed by atoms with Crippen molar-refractivity contribution in [1.29, 1.82) is 0 Å². The molecule has 1 heterocycles. The van der Waals surface area contributed by atoms with E-state index < -0.39 is 17.8 Å². The lowest BCUT2D eigenvalue weighted by Gasteiger charge is -2.41. The molecule has 3 atom stereocenters. The van der Waals surface area contributed by atoms with E-state index in [2.05, 4.69) is 0 Å². The molecule has 0 aliphatic carbocycles. The van der Waals surface area contributed by atoms with E-state index in [0.717, 1.165) is 16.9 Å². The van der Waals surface area contributed by atoms with Crippen LogP contribution in [0.25, 0.3) is 0 Å². The van der Waals surface area contributed by atoms with Crippen molar-refractivity contribution in [3.8, 4) is 11.5 Å². The number of hydrogen-bond donors (Lipinski definition) is 3. The van der Waals surface area contributed by atoms with Crippen molar-refractivity contribution >= 4 is 0 Å². The third-order valence-corrected chi connectivity index (χ3v) is 4.16. The fourth-order valence-electron chi connectivity index (χ4n) is 2.85. The Hall–Kier alpha value is -1.30. The van der Waals surface area contributed by atoms with Gasteiger partial charge in [0, 0.05) is 12.2 Å². The van der Waals surface area contributed by atoms with Gasteiger partial charge in [0.1, 0.15) is 23.2 Å². The molecule has 21 heavy (non-hydrogen) atoms. The second kappa shape index (κ2) is 6.22. The van der Waals surface area contributed by atoms with Gasteiger partial charge in [-0.3, -0.25) is 0 Å². The van der Waals surface area contributed by atoms with Crippen molar-refractivity contribution in [2.24, 2.45) is 0 Å². The maximum atomic E-state index is 10.3. The van der Waals surface area contributed by atoms with Crippen LogP contribution in [0.5, 0.6) is 11.5 Å². The molecule has 1 aliphatic heterocycles. The molecule has 3 N–H and O–H groups in total. The summed E-state index contributed by atoms with van der Waals surface area (Å²) in [5.74, 6) is 1.48. The summed E-state index contributed by atoms with van der Waals surface area (Å²) in [6.45, 7) is 3.57. The predicted octanol–water partition coefficient (Wildman–Crippen LogP) is 1.19. The third kappa shape index (κ3) is 3.15. The number of aliphatic hydroxyl groups excluding tert-OH is 3. The Morgan fingerprint density at radius 2 is 2.10 bits per heavy atom. The smallest absolute Gasteiger partial charge is 0.135 e. The van der Waals surface area contributed by atoms with E-state index in [-0.39, 0.29) is 13.0 Å². The summed E-state index contributed by atoms with van der Waals surface area (Å²) >= 11 is 0. The molecule has 2 rings (SSSR count). The molecular weight excluding hydrogens is 272 g/mol. The minimum Gasteiger partial charge on any atom is -0.496 e. The fourth-order valence-corrected chi connectivity index (χ4v) is 2.85. The summed E-state index contributed by atoms with van der Waals surface area (Å²) in [6, 6.07) is 3.88. The van der Waals surface area contributed by atoms with Gasteiger partial charge in [0.15, 0.2) is 0 Å². The van der Waals surface area contributed by atoms with E-state index in [1.54, 1.807) is 14.0 Å². The maximum Gasteiger partial charge on any atom is 0.135 e. The van der Waals surface area contributed by atoms with E-state index >= 15 is 0 Å². The SMILES string of the molecule is COc1cc(C)cc2c1CC[C@](C)(C(O)C(O)CCO)O2. The molecule has 5 heteroatoms. The number of hydrogen-bond acceptors (Lipinski definition) is 5. The van der Waals surface area contributed by atoms with Gasteiger partial charge < -0.3 is 24.8 Å². The van der Waals surface area contributed by atoms with Crippen LogP contribution >= 0.6 is 0 Å². The summed E-state index contributed by atoms with van der Waals surface area (Å²) in [5, 5.41) is 29.2. The minimum atomic E-state index is -1.05. The molecule has 0 saturated heterocycles. The standard InChI is InChI=1S/C16H24O5/c1-10-8-13(20-3)11-4-6-16(2,21-14(11)9-10)15(19)12(18)5-7-17/h8-9,12,15,17-19H,4-7H2,1-3H3/t12?,15?,16-/m1/s1. The first-order valence-electron chi connectivity index (χ1n) is 7.25. The second-order valence-electron chi connectivity index (χ2n) is 5.88. The first-order valence-corrected chi connectivity index (χ1v) is 7.25. The zero-order chi connectivity index (χ0) is 15.6. The number of aryl methyl sites for hydroxylation is 1. The van der Waals surface area contributed by atoms with Crippen molar-refractivity contribution in [2.45, 2.75) is 50.9 Å². The van der Waals surface area contributed by atoms with Gasteiger partial charge in [0.05, 0.1) is 13.2 Å².